The minimum atomic E-state index is -0.419. The molecule has 1 amide bonds. The molecule has 0 aliphatic heterocycles. The van der Waals surface area contributed by atoms with Crippen molar-refractivity contribution in [1.29, 1.82) is 0 Å². The van der Waals surface area contributed by atoms with Crippen molar-refractivity contribution < 1.29 is 9.53 Å². The van der Waals surface area contributed by atoms with Gasteiger partial charge in [-0.3, -0.25) is 0 Å². The number of carbonyl (C=O) groups excluding carboxylic acids is 1. The number of nitrogens with zero attached hydrogens (tertiary/aromatic N) is 1. The lowest BCUT2D eigenvalue weighted by Gasteiger charge is -2.40. The van der Waals surface area contributed by atoms with Gasteiger partial charge < -0.3 is 15.0 Å². The average Bonchev–Trinajstić information content (AvgIpc) is 2.49. The molecule has 2 aliphatic rings. The summed E-state index contributed by atoms with van der Waals surface area (Å²) in [5.74, 6) is 1.65. The lowest BCUT2D eigenvalue weighted by atomic mass is 9.79. The van der Waals surface area contributed by atoms with E-state index in [9.17, 15) is 4.79 Å². The predicted octanol–water partition coefficient (Wildman–Crippen LogP) is 4.58. The van der Waals surface area contributed by atoms with Gasteiger partial charge in [0.1, 0.15) is 5.60 Å². The van der Waals surface area contributed by atoms with Crippen LogP contribution in [0.1, 0.15) is 79.6 Å². The van der Waals surface area contributed by atoms with Crippen LogP contribution in [0.15, 0.2) is 0 Å². The van der Waals surface area contributed by atoms with Crippen LogP contribution in [-0.4, -0.2) is 41.8 Å². The molecule has 4 nitrogen and oxygen atoms in total. The highest BCUT2D eigenvalue weighted by molar-refractivity contribution is 5.68. The van der Waals surface area contributed by atoms with E-state index >= 15 is 0 Å². The molecule has 0 aromatic heterocycles. The summed E-state index contributed by atoms with van der Waals surface area (Å²) in [5.41, 5.74) is -0.419. The van der Waals surface area contributed by atoms with Crippen molar-refractivity contribution in [3.05, 3.63) is 0 Å². The molecule has 0 heterocycles. The second-order valence-electron chi connectivity index (χ2n) is 9.27. The van der Waals surface area contributed by atoms with Crippen LogP contribution in [0.2, 0.25) is 0 Å². The van der Waals surface area contributed by atoms with Gasteiger partial charge >= 0.3 is 6.09 Å². The average molecular weight is 339 g/mol. The van der Waals surface area contributed by atoms with Gasteiger partial charge in [-0.15, -0.1) is 0 Å². The number of amides is 1. The quantitative estimate of drug-likeness (QED) is 0.819. The van der Waals surface area contributed by atoms with Crippen LogP contribution < -0.4 is 5.32 Å². The standard InChI is InChI=1S/C20H38N2O2/c1-14-7-8-15(2)18(13-14)21-16-9-11-17(12-10-16)22(6)19(23)24-20(3,4)5/h14-18,21H,7-13H2,1-6H3. The largest absolute Gasteiger partial charge is 0.444 e. The molecule has 140 valence electrons. The maximum atomic E-state index is 12.2. The Hall–Kier alpha value is -0.770. The third-order valence-electron chi connectivity index (χ3n) is 5.83. The molecule has 1 N–H and O–H groups in total. The highest BCUT2D eigenvalue weighted by Gasteiger charge is 2.32. The maximum absolute atomic E-state index is 12.2. The molecule has 0 bridgehead atoms. The van der Waals surface area contributed by atoms with Crippen molar-refractivity contribution in [1.82, 2.24) is 10.2 Å². The van der Waals surface area contributed by atoms with Gasteiger partial charge in [-0.05, 0) is 71.1 Å². The lowest BCUT2D eigenvalue weighted by Crippen LogP contribution is -2.49. The Kier molecular flexibility index (Phi) is 6.58. The van der Waals surface area contributed by atoms with Crippen LogP contribution in [0.4, 0.5) is 4.79 Å². The zero-order chi connectivity index (χ0) is 17.9. The predicted molar refractivity (Wildman–Crippen MR) is 99.1 cm³/mol. The van der Waals surface area contributed by atoms with E-state index in [0.29, 0.717) is 18.1 Å². The van der Waals surface area contributed by atoms with E-state index in [1.807, 2.05) is 32.7 Å². The molecule has 0 saturated heterocycles. The van der Waals surface area contributed by atoms with Gasteiger partial charge in [-0.1, -0.05) is 20.3 Å². The van der Waals surface area contributed by atoms with Crippen molar-refractivity contribution in [2.75, 3.05) is 7.05 Å². The topological polar surface area (TPSA) is 41.6 Å². The summed E-state index contributed by atoms with van der Waals surface area (Å²) in [7, 11) is 1.89. The summed E-state index contributed by atoms with van der Waals surface area (Å²) in [4.78, 5) is 14.0. The molecule has 3 unspecified atom stereocenters. The Labute approximate surface area is 148 Å². The Balaban J connectivity index is 1.77. The Morgan fingerprint density at radius 2 is 1.67 bits per heavy atom. The summed E-state index contributed by atoms with van der Waals surface area (Å²) in [6.07, 6.45) is 8.34. The monoisotopic (exact) mass is 338 g/mol. The van der Waals surface area contributed by atoms with Crippen LogP contribution in [-0.2, 0) is 4.74 Å². The van der Waals surface area contributed by atoms with Crippen molar-refractivity contribution in [2.24, 2.45) is 11.8 Å². The number of hydrogen-bond donors (Lipinski definition) is 1. The molecule has 2 aliphatic carbocycles. The smallest absolute Gasteiger partial charge is 0.410 e. The Bertz CT molecular complexity index is 410. The third-order valence-corrected chi connectivity index (χ3v) is 5.83. The van der Waals surface area contributed by atoms with Crippen LogP contribution >= 0.6 is 0 Å². The summed E-state index contributed by atoms with van der Waals surface area (Å²) in [6, 6.07) is 1.62. The van der Waals surface area contributed by atoms with Crippen LogP contribution in [0.3, 0.4) is 0 Å². The molecule has 2 fully saturated rings. The van der Waals surface area contributed by atoms with Crippen LogP contribution in [0.25, 0.3) is 0 Å². The van der Waals surface area contributed by atoms with Gasteiger partial charge in [0.15, 0.2) is 0 Å². The molecule has 0 spiro atoms. The van der Waals surface area contributed by atoms with Gasteiger partial charge in [0.05, 0.1) is 0 Å². The Morgan fingerprint density at radius 3 is 2.25 bits per heavy atom. The number of carbonyl (C=O) groups is 1. The first-order valence-corrected chi connectivity index (χ1v) is 9.87. The van der Waals surface area contributed by atoms with Gasteiger partial charge in [0.25, 0.3) is 0 Å². The van der Waals surface area contributed by atoms with Crippen LogP contribution in [0.5, 0.6) is 0 Å². The fraction of sp³-hybridized carbons (Fsp3) is 0.950. The van der Waals surface area contributed by atoms with Gasteiger partial charge in [0.2, 0.25) is 0 Å². The maximum Gasteiger partial charge on any atom is 0.410 e. The molecule has 0 aromatic rings. The van der Waals surface area contributed by atoms with E-state index in [0.717, 1.165) is 37.5 Å². The van der Waals surface area contributed by atoms with Crippen molar-refractivity contribution >= 4 is 6.09 Å². The highest BCUT2D eigenvalue weighted by Crippen LogP contribution is 2.31. The summed E-state index contributed by atoms with van der Waals surface area (Å²) >= 11 is 0. The zero-order valence-corrected chi connectivity index (χ0v) is 16.6. The molecular weight excluding hydrogens is 300 g/mol. The summed E-state index contributed by atoms with van der Waals surface area (Å²) in [5, 5.41) is 3.93. The fourth-order valence-corrected chi connectivity index (χ4v) is 4.18. The molecule has 4 heteroatoms. The first kappa shape index (κ1) is 19.6. The minimum absolute atomic E-state index is 0.186. The second-order valence-corrected chi connectivity index (χ2v) is 9.27. The first-order chi connectivity index (χ1) is 11.2. The molecule has 2 rings (SSSR count). The summed E-state index contributed by atoms with van der Waals surface area (Å²) in [6.45, 7) is 10.5. The normalized spacial score (nSPS) is 34.7. The van der Waals surface area contributed by atoms with Crippen molar-refractivity contribution in [3.8, 4) is 0 Å². The van der Waals surface area contributed by atoms with E-state index in [4.69, 9.17) is 4.74 Å². The van der Waals surface area contributed by atoms with Crippen molar-refractivity contribution in [2.45, 2.75) is 103 Å². The highest BCUT2D eigenvalue weighted by atomic mass is 16.6. The Morgan fingerprint density at radius 1 is 1.04 bits per heavy atom. The zero-order valence-electron chi connectivity index (χ0n) is 16.6. The van der Waals surface area contributed by atoms with E-state index in [1.165, 1.54) is 19.3 Å². The van der Waals surface area contributed by atoms with E-state index < -0.39 is 5.60 Å². The van der Waals surface area contributed by atoms with Gasteiger partial charge in [-0.2, -0.15) is 0 Å². The number of rotatable bonds is 3. The first-order valence-electron chi connectivity index (χ1n) is 9.87. The fourth-order valence-electron chi connectivity index (χ4n) is 4.18. The molecule has 2 saturated carbocycles. The summed E-state index contributed by atoms with van der Waals surface area (Å²) < 4.78 is 5.50. The van der Waals surface area contributed by atoms with E-state index in [1.54, 1.807) is 0 Å². The lowest BCUT2D eigenvalue weighted by molar-refractivity contribution is 0.0175. The number of hydrogen-bond acceptors (Lipinski definition) is 3. The molecular formula is C20H38N2O2. The number of nitrogens with one attached hydrogen (secondary N) is 1. The minimum Gasteiger partial charge on any atom is -0.444 e. The number of ether oxygens (including phenoxy) is 1. The van der Waals surface area contributed by atoms with Gasteiger partial charge in [-0.25, -0.2) is 4.79 Å². The van der Waals surface area contributed by atoms with Crippen LogP contribution in [0, 0.1) is 11.8 Å². The van der Waals surface area contributed by atoms with E-state index in [2.05, 4.69) is 19.2 Å². The van der Waals surface area contributed by atoms with E-state index in [-0.39, 0.29) is 6.09 Å². The molecule has 0 aromatic carbocycles. The SMILES string of the molecule is CC1CCC(C)C(NC2CCC(N(C)C(=O)OC(C)(C)C)CC2)C1. The molecule has 3 atom stereocenters. The molecule has 0 radical (unpaired) electrons. The molecule has 24 heavy (non-hydrogen) atoms. The van der Waals surface area contributed by atoms with Crippen molar-refractivity contribution in [3.63, 3.8) is 0 Å². The second kappa shape index (κ2) is 8.07. The van der Waals surface area contributed by atoms with Gasteiger partial charge in [0, 0.05) is 25.2 Å². The third kappa shape index (κ3) is 5.65.